The SMILES string of the molecule is Cc1ccc2nc(CN3C(=O)N[C@](C)(c4ccc5c(c4)OCCO5)C3=O)cn2c1. The summed E-state index contributed by atoms with van der Waals surface area (Å²) in [6, 6.07) is 8.73. The normalized spacial score (nSPS) is 21.0. The summed E-state index contributed by atoms with van der Waals surface area (Å²) < 4.78 is 13.1. The molecule has 8 heteroatoms. The minimum Gasteiger partial charge on any atom is -0.486 e. The van der Waals surface area contributed by atoms with Crippen molar-refractivity contribution in [3.05, 3.63) is 59.5 Å². The number of hydrogen-bond acceptors (Lipinski definition) is 5. The molecule has 148 valence electrons. The molecule has 0 spiro atoms. The molecule has 2 aliphatic heterocycles. The molecule has 1 saturated heterocycles. The molecule has 8 nitrogen and oxygen atoms in total. The number of benzene rings is 1. The van der Waals surface area contributed by atoms with E-state index in [0.29, 0.717) is 36.0 Å². The topological polar surface area (TPSA) is 85.2 Å². The van der Waals surface area contributed by atoms with Crippen LogP contribution in [0.5, 0.6) is 11.5 Å². The van der Waals surface area contributed by atoms with Crippen LogP contribution in [-0.4, -0.2) is 39.4 Å². The number of urea groups is 1. The predicted molar refractivity (Wildman–Crippen MR) is 104 cm³/mol. The summed E-state index contributed by atoms with van der Waals surface area (Å²) in [4.78, 5) is 31.6. The van der Waals surface area contributed by atoms with Gasteiger partial charge in [0.15, 0.2) is 11.5 Å². The zero-order chi connectivity index (χ0) is 20.2. The molecule has 4 heterocycles. The summed E-state index contributed by atoms with van der Waals surface area (Å²) in [5.74, 6) is 0.885. The highest BCUT2D eigenvalue weighted by atomic mass is 16.6. The second-order valence-corrected chi connectivity index (χ2v) is 7.51. The fourth-order valence-corrected chi connectivity index (χ4v) is 3.78. The lowest BCUT2D eigenvalue weighted by atomic mass is 9.91. The van der Waals surface area contributed by atoms with Crippen LogP contribution in [0.25, 0.3) is 5.65 Å². The molecule has 0 aliphatic carbocycles. The second kappa shape index (κ2) is 6.23. The second-order valence-electron chi connectivity index (χ2n) is 7.51. The molecule has 2 aliphatic rings. The van der Waals surface area contributed by atoms with Gasteiger partial charge in [-0.2, -0.15) is 0 Å². The summed E-state index contributed by atoms with van der Waals surface area (Å²) in [7, 11) is 0. The van der Waals surface area contributed by atoms with Crippen LogP contribution in [0.2, 0.25) is 0 Å². The van der Waals surface area contributed by atoms with Gasteiger partial charge in [0.1, 0.15) is 24.4 Å². The molecular weight excluding hydrogens is 372 g/mol. The van der Waals surface area contributed by atoms with Crippen molar-refractivity contribution in [1.82, 2.24) is 19.6 Å². The van der Waals surface area contributed by atoms with Crippen LogP contribution in [0, 0.1) is 6.92 Å². The number of ether oxygens (including phenoxy) is 2. The summed E-state index contributed by atoms with van der Waals surface area (Å²) >= 11 is 0. The highest BCUT2D eigenvalue weighted by molar-refractivity contribution is 6.07. The first kappa shape index (κ1) is 17.5. The minimum atomic E-state index is -1.18. The molecule has 0 unspecified atom stereocenters. The number of aromatic nitrogens is 2. The third-order valence-corrected chi connectivity index (χ3v) is 5.36. The van der Waals surface area contributed by atoms with Crippen molar-refractivity contribution in [2.45, 2.75) is 25.9 Å². The third kappa shape index (κ3) is 2.79. The summed E-state index contributed by atoms with van der Waals surface area (Å²) in [6.45, 7) is 4.74. The first-order chi connectivity index (χ1) is 13.9. The van der Waals surface area contributed by atoms with E-state index in [1.807, 2.05) is 35.9 Å². The van der Waals surface area contributed by atoms with Gasteiger partial charge < -0.3 is 19.2 Å². The van der Waals surface area contributed by atoms with E-state index in [9.17, 15) is 9.59 Å². The summed E-state index contributed by atoms with van der Waals surface area (Å²) in [6.07, 6.45) is 3.79. The Balaban J connectivity index is 1.44. The number of amides is 3. The quantitative estimate of drug-likeness (QED) is 0.692. The Bertz CT molecular complexity index is 1150. The molecule has 1 fully saturated rings. The predicted octanol–water partition coefficient (Wildman–Crippen LogP) is 2.38. The lowest BCUT2D eigenvalue weighted by Gasteiger charge is -2.25. The van der Waals surface area contributed by atoms with Crippen molar-refractivity contribution in [2.75, 3.05) is 13.2 Å². The average Bonchev–Trinajstić information content (AvgIpc) is 3.21. The standard InChI is InChI=1S/C21H20N4O4/c1-13-3-6-18-22-15(11-24(18)10-13)12-25-19(26)21(2,23-20(25)27)14-4-5-16-17(9-14)29-8-7-28-16/h3-6,9-11H,7-8,12H2,1-2H3,(H,23,27)/t21-/m1/s1. The van der Waals surface area contributed by atoms with E-state index in [1.54, 1.807) is 25.1 Å². The molecular formula is C21H20N4O4. The van der Waals surface area contributed by atoms with Gasteiger partial charge in [-0.3, -0.25) is 9.69 Å². The van der Waals surface area contributed by atoms with Gasteiger partial charge in [-0.05, 0) is 43.2 Å². The van der Waals surface area contributed by atoms with Crippen molar-refractivity contribution in [3.8, 4) is 11.5 Å². The number of nitrogens with zero attached hydrogens (tertiary/aromatic N) is 3. The van der Waals surface area contributed by atoms with Crippen molar-refractivity contribution in [1.29, 1.82) is 0 Å². The highest BCUT2D eigenvalue weighted by Gasteiger charge is 2.49. The number of imidazole rings is 1. The Morgan fingerprint density at radius 3 is 2.72 bits per heavy atom. The third-order valence-electron chi connectivity index (χ3n) is 5.36. The monoisotopic (exact) mass is 392 g/mol. The van der Waals surface area contributed by atoms with Crippen LogP contribution in [0.3, 0.4) is 0 Å². The molecule has 1 aromatic carbocycles. The number of aryl methyl sites for hydroxylation is 1. The van der Waals surface area contributed by atoms with Crippen molar-refractivity contribution < 1.29 is 19.1 Å². The maximum atomic E-state index is 13.2. The molecule has 3 amide bonds. The van der Waals surface area contributed by atoms with Crippen molar-refractivity contribution in [3.63, 3.8) is 0 Å². The number of nitrogens with one attached hydrogen (secondary N) is 1. The van der Waals surface area contributed by atoms with E-state index in [0.717, 1.165) is 11.2 Å². The lowest BCUT2D eigenvalue weighted by Crippen LogP contribution is -2.41. The Labute approximate surface area is 167 Å². The van der Waals surface area contributed by atoms with E-state index >= 15 is 0 Å². The van der Waals surface area contributed by atoms with Crippen LogP contribution >= 0.6 is 0 Å². The fraction of sp³-hybridized carbons (Fsp3) is 0.286. The summed E-state index contributed by atoms with van der Waals surface area (Å²) in [5.41, 5.74) is 1.98. The van der Waals surface area contributed by atoms with E-state index in [4.69, 9.17) is 9.47 Å². The maximum Gasteiger partial charge on any atom is 0.325 e. The Hall–Kier alpha value is -3.55. The molecule has 1 N–H and O–H groups in total. The average molecular weight is 392 g/mol. The molecule has 1 atom stereocenters. The van der Waals surface area contributed by atoms with Crippen LogP contribution in [0.1, 0.15) is 23.7 Å². The van der Waals surface area contributed by atoms with E-state index in [1.165, 1.54) is 4.90 Å². The van der Waals surface area contributed by atoms with Crippen LogP contribution in [-0.2, 0) is 16.9 Å². The number of pyridine rings is 1. The number of imide groups is 1. The molecule has 2 aromatic heterocycles. The van der Waals surface area contributed by atoms with Gasteiger partial charge in [0.25, 0.3) is 5.91 Å². The molecule has 3 aromatic rings. The number of hydrogen-bond donors (Lipinski definition) is 1. The highest BCUT2D eigenvalue weighted by Crippen LogP contribution is 2.37. The smallest absolute Gasteiger partial charge is 0.325 e. The Kier molecular flexibility index (Phi) is 3.77. The molecule has 0 bridgehead atoms. The van der Waals surface area contributed by atoms with Gasteiger partial charge in [-0.1, -0.05) is 12.1 Å². The molecule has 0 saturated carbocycles. The zero-order valence-corrected chi connectivity index (χ0v) is 16.1. The van der Waals surface area contributed by atoms with Gasteiger partial charge in [0.2, 0.25) is 0 Å². The molecule has 5 rings (SSSR count). The number of fused-ring (bicyclic) bond motifs is 2. The Morgan fingerprint density at radius 1 is 1.10 bits per heavy atom. The first-order valence-electron chi connectivity index (χ1n) is 9.42. The zero-order valence-electron chi connectivity index (χ0n) is 16.1. The number of rotatable bonds is 3. The molecule has 0 radical (unpaired) electrons. The first-order valence-corrected chi connectivity index (χ1v) is 9.42. The van der Waals surface area contributed by atoms with E-state index in [-0.39, 0.29) is 12.5 Å². The minimum absolute atomic E-state index is 0.103. The van der Waals surface area contributed by atoms with Crippen LogP contribution in [0.15, 0.2) is 42.7 Å². The molecule has 29 heavy (non-hydrogen) atoms. The van der Waals surface area contributed by atoms with Gasteiger partial charge in [-0.25, -0.2) is 9.78 Å². The van der Waals surface area contributed by atoms with Gasteiger partial charge in [-0.15, -0.1) is 0 Å². The van der Waals surface area contributed by atoms with E-state index < -0.39 is 11.6 Å². The fourth-order valence-electron chi connectivity index (χ4n) is 3.78. The van der Waals surface area contributed by atoms with E-state index in [2.05, 4.69) is 10.3 Å². The van der Waals surface area contributed by atoms with Crippen LogP contribution < -0.4 is 14.8 Å². The maximum absolute atomic E-state index is 13.2. The number of carbonyl (C=O) groups is 2. The van der Waals surface area contributed by atoms with Crippen LogP contribution in [0.4, 0.5) is 4.79 Å². The number of carbonyl (C=O) groups excluding carboxylic acids is 2. The van der Waals surface area contributed by atoms with Gasteiger partial charge >= 0.3 is 6.03 Å². The van der Waals surface area contributed by atoms with Crippen molar-refractivity contribution >= 4 is 17.6 Å². The van der Waals surface area contributed by atoms with Gasteiger partial charge in [0.05, 0.1) is 12.2 Å². The largest absolute Gasteiger partial charge is 0.486 e. The Morgan fingerprint density at radius 2 is 1.90 bits per heavy atom. The lowest BCUT2D eigenvalue weighted by molar-refractivity contribution is -0.131. The van der Waals surface area contributed by atoms with Gasteiger partial charge in [0, 0.05) is 12.4 Å². The summed E-state index contributed by atoms with van der Waals surface area (Å²) in [5, 5.41) is 2.82. The van der Waals surface area contributed by atoms with Crippen molar-refractivity contribution in [2.24, 2.45) is 0 Å².